The van der Waals surface area contributed by atoms with Crippen molar-refractivity contribution in [3.8, 4) is 0 Å². The number of hydrogen-bond donors (Lipinski definition) is 1. The Morgan fingerprint density at radius 1 is 1.12 bits per heavy atom. The summed E-state index contributed by atoms with van der Waals surface area (Å²) in [7, 11) is 2.03. The normalized spacial score (nSPS) is 19.9. The van der Waals surface area contributed by atoms with E-state index in [0.717, 1.165) is 17.4 Å². The van der Waals surface area contributed by atoms with Crippen LogP contribution in [-0.4, -0.2) is 31.6 Å². The summed E-state index contributed by atoms with van der Waals surface area (Å²) in [4.78, 5) is 10.9. The van der Waals surface area contributed by atoms with E-state index >= 15 is 0 Å². The smallest absolute Gasteiger partial charge is 0.169 e. The summed E-state index contributed by atoms with van der Waals surface area (Å²) in [5.41, 5.74) is 3.37. The molecule has 1 N–H and O–H groups in total. The Hall–Kier alpha value is -2.73. The predicted molar refractivity (Wildman–Crippen MR) is 101 cm³/mol. The molecule has 1 aliphatic heterocycles. The molecule has 126 valence electrons. The highest BCUT2D eigenvalue weighted by atomic mass is 32.1. The van der Waals surface area contributed by atoms with Crippen LogP contribution in [0.2, 0.25) is 0 Å². The topological polar surface area (TPSA) is 46.0 Å². The molecule has 2 atom stereocenters. The van der Waals surface area contributed by atoms with Crippen molar-refractivity contribution in [3.05, 3.63) is 84.2 Å². The fourth-order valence-corrected chi connectivity index (χ4v) is 3.60. The van der Waals surface area contributed by atoms with Crippen molar-refractivity contribution in [2.24, 2.45) is 0 Å². The highest BCUT2D eigenvalue weighted by molar-refractivity contribution is 7.80. The maximum absolute atomic E-state index is 5.51. The Kier molecular flexibility index (Phi) is 4.19. The van der Waals surface area contributed by atoms with Gasteiger partial charge in [0.25, 0.3) is 0 Å². The number of pyridine rings is 2. The van der Waals surface area contributed by atoms with Gasteiger partial charge >= 0.3 is 0 Å². The Labute approximate surface area is 152 Å². The highest BCUT2D eigenvalue weighted by Crippen LogP contribution is 2.37. The van der Waals surface area contributed by atoms with Crippen LogP contribution in [0.15, 0.2) is 67.3 Å². The maximum atomic E-state index is 5.51. The van der Waals surface area contributed by atoms with E-state index in [1.807, 2.05) is 43.7 Å². The van der Waals surface area contributed by atoms with E-state index < -0.39 is 0 Å². The molecule has 3 aromatic heterocycles. The highest BCUT2D eigenvalue weighted by Gasteiger charge is 2.38. The number of rotatable bonds is 4. The van der Waals surface area contributed by atoms with Gasteiger partial charge in [-0.3, -0.25) is 9.97 Å². The molecule has 1 saturated heterocycles. The zero-order chi connectivity index (χ0) is 17.2. The van der Waals surface area contributed by atoms with Crippen molar-refractivity contribution in [1.82, 2.24) is 24.8 Å². The van der Waals surface area contributed by atoms with Gasteiger partial charge in [0, 0.05) is 44.1 Å². The molecule has 3 aromatic rings. The minimum absolute atomic E-state index is 0.0289. The summed E-state index contributed by atoms with van der Waals surface area (Å²) < 4.78 is 2.25. The van der Waals surface area contributed by atoms with Crippen LogP contribution in [0.3, 0.4) is 0 Å². The first-order valence-electron chi connectivity index (χ1n) is 8.22. The van der Waals surface area contributed by atoms with Crippen molar-refractivity contribution in [2.45, 2.75) is 18.6 Å². The van der Waals surface area contributed by atoms with Gasteiger partial charge in [-0.1, -0.05) is 12.1 Å². The van der Waals surface area contributed by atoms with E-state index in [1.54, 1.807) is 6.20 Å². The Morgan fingerprint density at radius 3 is 2.80 bits per heavy atom. The second-order valence-electron chi connectivity index (χ2n) is 6.16. The third kappa shape index (κ3) is 3.00. The first-order chi connectivity index (χ1) is 12.2. The monoisotopic (exact) mass is 349 g/mol. The lowest BCUT2D eigenvalue weighted by Gasteiger charge is -2.25. The van der Waals surface area contributed by atoms with E-state index in [9.17, 15) is 0 Å². The SMILES string of the molecule is CN1C(=S)N[C@H](c2ccccn2)[C@H]1c1cccn1Cc1cccnc1. The first kappa shape index (κ1) is 15.8. The molecule has 0 bridgehead atoms. The fraction of sp³-hybridized carbons (Fsp3) is 0.211. The lowest BCUT2D eigenvalue weighted by molar-refractivity contribution is 0.351. The van der Waals surface area contributed by atoms with E-state index in [2.05, 4.69) is 49.1 Å². The molecular weight excluding hydrogens is 330 g/mol. The summed E-state index contributed by atoms with van der Waals surface area (Å²) in [5, 5.41) is 4.16. The number of hydrogen-bond acceptors (Lipinski definition) is 3. The summed E-state index contributed by atoms with van der Waals surface area (Å²) in [5.74, 6) is 0. The van der Waals surface area contributed by atoms with Gasteiger partial charge in [0.05, 0.1) is 17.8 Å². The second kappa shape index (κ2) is 6.64. The van der Waals surface area contributed by atoms with Crippen molar-refractivity contribution >= 4 is 17.3 Å². The van der Waals surface area contributed by atoms with E-state index in [0.29, 0.717) is 0 Å². The standard InChI is InChI=1S/C19H19N5S/c1-23-18(17(22-19(23)25)15-7-2-3-10-21-15)16-8-5-11-24(16)13-14-6-4-9-20-12-14/h2-12,17-18H,13H2,1H3,(H,22,25)/t17-,18-/m1/s1. The quantitative estimate of drug-likeness (QED) is 0.734. The van der Waals surface area contributed by atoms with Gasteiger partial charge in [-0.2, -0.15) is 0 Å². The molecule has 0 aromatic carbocycles. The minimum Gasteiger partial charge on any atom is -0.352 e. The molecular formula is C19H19N5S. The Balaban J connectivity index is 1.70. The average Bonchev–Trinajstić information content (AvgIpc) is 3.21. The summed E-state index contributed by atoms with van der Waals surface area (Å²) in [6.45, 7) is 0.780. The third-order valence-electron chi connectivity index (χ3n) is 4.58. The third-order valence-corrected chi connectivity index (χ3v) is 4.99. The second-order valence-corrected chi connectivity index (χ2v) is 6.55. The van der Waals surface area contributed by atoms with Crippen LogP contribution in [0.4, 0.5) is 0 Å². The summed E-state index contributed by atoms with van der Waals surface area (Å²) in [6, 6.07) is 14.4. The number of likely N-dealkylation sites (N-methyl/N-ethyl adjacent to an activating group) is 1. The fourth-order valence-electron chi connectivity index (χ4n) is 3.36. The lowest BCUT2D eigenvalue weighted by Crippen LogP contribution is -2.26. The lowest BCUT2D eigenvalue weighted by atomic mass is 10.0. The van der Waals surface area contributed by atoms with Crippen LogP contribution in [0.25, 0.3) is 0 Å². The zero-order valence-corrected chi connectivity index (χ0v) is 14.7. The van der Waals surface area contributed by atoms with Gasteiger partial charge in [-0.05, 0) is 48.1 Å². The average molecular weight is 349 g/mol. The first-order valence-corrected chi connectivity index (χ1v) is 8.63. The molecule has 1 aliphatic rings. The van der Waals surface area contributed by atoms with Crippen LogP contribution in [-0.2, 0) is 6.54 Å². The molecule has 0 unspecified atom stereocenters. The minimum atomic E-state index is 0.0289. The molecule has 0 spiro atoms. The molecule has 0 aliphatic carbocycles. The van der Waals surface area contributed by atoms with Gasteiger partial charge in [0.1, 0.15) is 0 Å². The van der Waals surface area contributed by atoms with Gasteiger partial charge in [0.2, 0.25) is 0 Å². The molecule has 4 rings (SSSR count). The Morgan fingerprint density at radius 2 is 2.04 bits per heavy atom. The Bertz CT molecular complexity index is 862. The van der Waals surface area contributed by atoms with Crippen LogP contribution in [0, 0.1) is 0 Å². The van der Waals surface area contributed by atoms with E-state index in [-0.39, 0.29) is 12.1 Å². The number of thiocarbonyl (C=S) groups is 1. The van der Waals surface area contributed by atoms with Gasteiger partial charge < -0.3 is 14.8 Å². The van der Waals surface area contributed by atoms with E-state index in [4.69, 9.17) is 12.2 Å². The molecule has 4 heterocycles. The van der Waals surface area contributed by atoms with E-state index in [1.165, 1.54) is 11.3 Å². The van der Waals surface area contributed by atoms with Crippen molar-refractivity contribution in [3.63, 3.8) is 0 Å². The maximum Gasteiger partial charge on any atom is 0.169 e. The van der Waals surface area contributed by atoms with Crippen molar-refractivity contribution in [1.29, 1.82) is 0 Å². The van der Waals surface area contributed by atoms with Crippen LogP contribution < -0.4 is 5.32 Å². The van der Waals surface area contributed by atoms with Crippen LogP contribution >= 0.6 is 12.2 Å². The summed E-state index contributed by atoms with van der Waals surface area (Å²) in [6.07, 6.45) is 7.63. The summed E-state index contributed by atoms with van der Waals surface area (Å²) >= 11 is 5.51. The van der Waals surface area contributed by atoms with Gasteiger partial charge in [-0.15, -0.1) is 0 Å². The van der Waals surface area contributed by atoms with Crippen LogP contribution in [0.5, 0.6) is 0 Å². The molecule has 0 radical (unpaired) electrons. The van der Waals surface area contributed by atoms with Crippen molar-refractivity contribution < 1.29 is 0 Å². The van der Waals surface area contributed by atoms with Gasteiger partial charge in [0.15, 0.2) is 5.11 Å². The molecule has 5 nitrogen and oxygen atoms in total. The largest absolute Gasteiger partial charge is 0.352 e. The van der Waals surface area contributed by atoms with Crippen molar-refractivity contribution in [2.75, 3.05) is 7.05 Å². The molecule has 6 heteroatoms. The predicted octanol–water partition coefficient (Wildman–Crippen LogP) is 2.93. The number of nitrogens with one attached hydrogen (secondary N) is 1. The molecule has 0 amide bonds. The van der Waals surface area contributed by atoms with Crippen LogP contribution in [0.1, 0.15) is 29.0 Å². The molecule has 1 fully saturated rings. The van der Waals surface area contributed by atoms with Gasteiger partial charge in [-0.25, -0.2) is 0 Å². The number of aromatic nitrogens is 3. The number of nitrogens with zero attached hydrogens (tertiary/aromatic N) is 4. The molecule has 25 heavy (non-hydrogen) atoms. The zero-order valence-electron chi connectivity index (χ0n) is 13.9. The molecule has 0 saturated carbocycles.